The maximum atomic E-state index is 12.9. The van der Waals surface area contributed by atoms with Crippen LogP contribution in [-0.4, -0.2) is 8.42 Å². The van der Waals surface area contributed by atoms with Crippen molar-refractivity contribution < 1.29 is 12.8 Å². The summed E-state index contributed by atoms with van der Waals surface area (Å²) >= 11 is 11.6. The van der Waals surface area contributed by atoms with E-state index in [1.54, 1.807) is 0 Å². The first-order valence-corrected chi connectivity index (χ1v) is 7.92. The van der Waals surface area contributed by atoms with E-state index in [9.17, 15) is 12.8 Å². The van der Waals surface area contributed by atoms with Crippen LogP contribution in [-0.2, 0) is 15.6 Å². The Hall–Kier alpha value is -1.30. The zero-order chi connectivity index (χ0) is 14.9. The van der Waals surface area contributed by atoms with Crippen LogP contribution in [0, 0.1) is 5.82 Å². The normalized spacial score (nSPS) is 11.6. The van der Waals surface area contributed by atoms with Crippen molar-refractivity contribution in [3.05, 3.63) is 57.8 Å². The van der Waals surface area contributed by atoms with Gasteiger partial charge >= 0.3 is 0 Å². The van der Waals surface area contributed by atoms with E-state index in [1.165, 1.54) is 24.3 Å². The lowest BCUT2D eigenvalue weighted by Gasteiger charge is -2.09. The minimum Gasteiger partial charge on any atom is -0.398 e. The number of rotatable bonds is 3. The SMILES string of the molecule is Nc1ccc(Cl)cc1S(=O)(=O)Cc1ccc(F)cc1Cl. The highest BCUT2D eigenvalue weighted by molar-refractivity contribution is 7.90. The average Bonchev–Trinajstić information content (AvgIpc) is 2.35. The summed E-state index contributed by atoms with van der Waals surface area (Å²) in [4.78, 5) is -0.0645. The van der Waals surface area contributed by atoms with E-state index in [0.717, 1.165) is 12.1 Å². The summed E-state index contributed by atoms with van der Waals surface area (Å²) in [6, 6.07) is 7.74. The van der Waals surface area contributed by atoms with Crippen LogP contribution in [0.4, 0.5) is 10.1 Å². The van der Waals surface area contributed by atoms with Crippen molar-refractivity contribution in [3.63, 3.8) is 0 Å². The number of nitrogen functional groups attached to an aromatic ring is 1. The molecule has 2 aromatic carbocycles. The monoisotopic (exact) mass is 333 g/mol. The van der Waals surface area contributed by atoms with Gasteiger partial charge in [-0.3, -0.25) is 0 Å². The van der Waals surface area contributed by atoms with Crippen LogP contribution < -0.4 is 5.73 Å². The van der Waals surface area contributed by atoms with Gasteiger partial charge in [-0.05, 0) is 35.9 Å². The molecule has 0 aliphatic rings. The summed E-state index contributed by atoms with van der Waals surface area (Å²) in [7, 11) is -3.72. The van der Waals surface area contributed by atoms with Crippen LogP contribution in [0.5, 0.6) is 0 Å². The molecule has 2 aromatic rings. The highest BCUT2D eigenvalue weighted by Gasteiger charge is 2.20. The molecular formula is C13H10Cl2FNO2S. The lowest BCUT2D eigenvalue weighted by atomic mass is 10.2. The molecule has 0 unspecified atom stereocenters. The van der Waals surface area contributed by atoms with E-state index in [1.807, 2.05) is 0 Å². The van der Waals surface area contributed by atoms with Crippen LogP contribution in [0.25, 0.3) is 0 Å². The Bertz CT molecular complexity index is 763. The Labute approximate surface area is 126 Å². The first-order valence-electron chi connectivity index (χ1n) is 5.51. The van der Waals surface area contributed by atoms with Crippen molar-refractivity contribution in [1.29, 1.82) is 0 Å². The van der Waals surface area contributed by atoms with Gasteiger partial charge in [0.25, 0.3) is 0 Å². The topological polar surface area (TPSA) is 60.2 Å². The number of nitrogens with two attached hydrogens (primary N) is 1. The van der Waals surface area contributed by atoms with Crippen molar-refractivity contribution >= 4 is 38.7 Å². The smallest absolute Gasteiger partial charge is 0.184 e. The van der Waals surface area contributed by atoms with Gasteiger partial charge in [-0.1, -0.05) is 29.3 Å². The third kappa shape index (κ3) is 3.23. The molecule has 0 fully saturated rings. The second-order valence-electron chi connectivity index (χ2n) is 4.18. The molecule has 2 rings (SSSR count). The lowest BCUT2D eigenvalue weighted by Crippen LogP contribution is -2.08. The third-order valence-electron chi connectivity index (χ3n) is 2.67. The van der Waals surface area contributed by atoms with Gasteiger partial charge in [0.2, 0.25) is 0 Å². The van der Waals surface area contributed by atoms with Gasteiger partial charge in [0.1, 0.15) is 5.82 Å². The highest BCUT2D eigenvalue weighted by Crippen LogP contribution is 2.28. The van der Waals surface area contributed by atoms with Crippen molar-refractivity contribution in [2.45, 2.75) is 10.6 Å². The molecule has 0 bridgehead atoms. The second-order valence-corrected chi connectivity index (χ2v) is 6.98. The van der Waals surface area contributed by atoms with Crippen LogP contribution in [0.15, 0.2) is 41.3 Å². The zero-order valence-corrected chi connectivity index (χ0v) is 12.4. The maximum absolute atomic E-state index is 12.9. The van der Waals surface area contributed by atoms with E-state index < -0.39 is 15.7 Å². The molecule has 0 heterocycles. The van der Waals surface area contributed by atoms with Gasteiger partial charge in [-0.15, -0.1) is 0 Å². The van der Waals surface area contributed by atoms with Gasteiger partial charge in [-0.2, -0.15) is 0 Å². The summed E-state index contributed by atoms with van der Waals surface area (Å²) in [5, 5.41) is 0.317. The summed E-state index contributed by atoms with van der Waals surface area (Å²) in [6.45, 7) is 0. The Morgan fingerprint density at radius 2 is 1.80 bits per heavy atom. The molecule has 0 amide bonds. The number of anilines is 1. The van der Waals surface area contributed by atoms with Crippen molar-refractivity contribution in [2.75, 3.05) is 5.73 Å². The lowest BCUT2D eigenvalue weighted by molar-refractivity contribution is 0.595. The first kappa shape index (κ1) is 15.1. The van der Waals surface area contributed by atoms with Crippen LogP contribution in [0.3, 0.4) is 0 Å². The zero-order valence-electron chi connectivity index (χ0n) is 10.1. The predicted octanol–water partition coefficient (Wildman–Crippen LogP) is 3.69. The van der Waals surface area contributed by atoms with E-state index in [2.05, 4.69) is 0 Å². The van der Waals surface area contributed by atoms with Gasteiger partial charge in [0, 0.05) is 10.0 Å². The molecule has 106 valence electrons. The molecule has 0 spiro atoms. The quantitative estimate of drug-likeness (QED) is 0.871. The molecule has 0 aromatic heterocycles. The van der Waals surface area contributed by atoms with Gasteiger partial charge in [0.15, 0.2) is 9.84 Å². The minimum atomic E-state index is -3.72. The van der Waals surface area contributed by atoms with Crippen LogP contribution in [0.2, 0.25) is 10.0 Å². The predicted molar refractivity (Wildman–Crippen MR) is 78.2 cm³/mol. The molecule has 0 aliphatic heterocycles. The van der Waals surface area contributed by atoms with Gasteiger partial charge < -0.3 is 5.73 Å². The fourth-order valence-electron chi connectivity index (χ4n) is 1.70. The van der Waals surface area contributed by atoms with Crippen molar-refractivity contribution in [3.8, 4) is 0 Å². The molecular weight excluding hydrogens is 324 g/mol. The molecule has 2 N–H and O–H groups in total. The van der Waals surface area contributed by atoms with E-state index in [4.69, 9.17) is 28.9 Å². The molecule has 0 aliphatic carbocycles. The summed E-state index contributed by atoms with van der Waals surface area (Å²) in [6.07, 6.45) is 0. The third-order valence-corrected chi connectivity index (χ3v) is 4.97. The van der Waals surface area contributed by atoms with Gasteiger partial charge in [0.05, 0.1) is 16.3 Å². The molecule has 0 atom stereocenters. The standard InChI is InChI=1S/C13H10Cl2FNO2S/c14-9-2-4-12(17)13(5-9)20(18,19)7-8-1-3-10(16)6-11(8)15/h1-6H,7,17H2. The molecule has 20 heavy (non-hydrogen) atoms. The number of hydrogen-bond acceptors (Lipinski definition) is 3. The average molecular weight is 334 g/mol. The Balaban J connectivity index is 2.43. The first-order chi connectivity index (χ1) is 9.29. The van der Waals surface area contributed by atoms with Gasteiger partial charge in [-0.25, -0.2) is 12.8 Å². The largest absolute Gasteiger partial charge is 0.398 e. The van der Waals surface area contributed by atoms with Crippen molar-refractivity contribution in [1.82, 2.24) is 0 Å². The fourth-order valence-corrected chi connectivity index (χ4v) is 3.80. The van der Waals surface area contributed by atoms with Crippen LogP contribution in [0.1, 0.15) is 5.56 Å². The summed E-state index contributed by atoms with van der Waals surface area (Å²) < 4.78 is 37.6. The molecule has 0 saturated carbocycles. The summed E-state index contributed by atoms with van der Waals surface area (Å²) in [5.74, 6) is -0.908. The second kappa shape index (κ2) is 5.60. The highest BCUT2D eigenvalue weighted by atomic mass is 35.5. The minimum absolute atomic E-state index is 0.0502. The van der Waals surface area contributed by atoms with E-state index in [0.29, 0.717) is 5.56 Å². The number of halogens is 3. The molecule has 0 saturated heterocycles. The Kier molecular flexibility index (Phi) is 4.22. The number of sulfone groups is 1. The maximum Gasteiger partial charge on any atom is 0.184 e. The van der Waals surface area contributed by atoms with Crippen LogP contribution >= 0.6 is 23.2 Å². The molecule has 0 radical (unpaired) electrons. The molecule has 7 heteroatoms. The Morgan fingerprint density at radius 1 is 1.10 bits per heavy atom. The number of hydrogen-bond donors (Lipinski definition) is 1. The molecule has 3 nitrogen and oxygen atoms in total. The Morgan fingerprint density at radius 3 is 2.45 bits per heavy atom. The van der Waals surface area contributed by atoms with E-state index in [-0.39, 0.29) is 26.4 Å². The van der Waals surface area contributed by atoms with E-state index >= 15 is 0 Å². The van der Waals surface area contributed by atoms with Crippen molar-refractivity contribution in [2.24, 2.45) is 0 Å². The summed E-state index contributed by atoms with van der Waals surface area (Å²) in [5.41, 5.74) is 6.06. The number of benzene rings is 2. The fraction of sp³-hybridized carbons (Fsp3) is 0.0769.